The zero-order valence-corrected chi connectivity index (χ0v) is 8.96. The molecular weight excluding hydrogens is 196 g/mol. The molecule has 84 valence electrons. The molecule has 1 aromatic heterocycles. The van der Waals surface area contributed by atoms with Crippen LogP contribution in [0.5, 0.6) is 0 Å². The summed E-state index contributed by atoms with van der Waals surface area (Å²) in [4.78, 5) is 11.5. The van der Waals surface area contributed by atoms with Crippen molar-refractivity contribution in [2.45, 2.75) is 13.3 Å². The monoisotopic (exact) mass is 212 g/mol. The number of carbonyl (C=O) groups excluding carboxylic acids is 1. The van der Waals surface area contributed by atoms with Crippen molar-refractivity contribution in [1.82, 2.24) is 15.5 Å². The maximum atomic E-state index is 11.5. The van der Waals surface area contributed by atoms with Crippen LogP contribution in [-0.4, -0.2) is 36.4 Å². The van der Waals surface area contributed by atoms with E-state index in [1.807, 2.05) is 0 Å². The SMILES string of the molecule is COCCCNC(=O)c1n[nH]c(C)c1N. The Bertz CT molecular complexity index is 335. The number of anilines is 1. The predicted molar refractivity (Wildman–Crippen MR) is 56.6 cm³/mol. The molecule has 0 unspecified atom stereocenters. The van der Waals surface area contributed by atoms with Crippen molar-refractivity contribution >= 4 is 11.6 Å². The Hall–Kier alpha value is -1.56. The average Bonchev–Trinajstić information content (AvgIpc) is 2.55. The number of nitrogens with zero attached hydrogens (tertiary/aromatic N) is 1. The lowest BCUT2D eigenvalue weighted by molar-refractivity contribution is 0.0944. The highest BCUT2D eigenvalue weighted by Crippen LogP contribution is 2.11. The summed E-state index contributed by atoms with van der Waals surface area (Å²) >= 11 is 0. The number of nitrogen functional groups attached to an aromatic ring is 1. The van der Waals surface area contributed by atoms with Crippen LogP contribution in [0, 0.1) is 6.92 Å². The molecule has 1 aromatic rings. The fourth-order valence-corrected chi connectivity index (χ4v) is 1.11. The van der Waals surface area contributed by atoms with Crippen LogP contribution >= 0.6 is 0 Å². The van der Waals surface area contributed by atoms with Crippen molar-refractivity contribution in [3.63, 3.8) is 0 Å². The number of hydrogen-bond acceptors (Lipinski definition) is 4. The summed E-state index contributed by atoms with van der Waals surface area (Å²) in [5, 5.41) is 9.19. The van der Waals surface area contributed by atoms with Gasteiger partial charge >= 0.3 is 0 Å². The Morgan fingerprint density at radius 3 is 2.93 bits per heavy atom. The number of carbonyl (C=O) groups is 1. The second kappa shape index (κ2) is 5.35. The minimum atomic E-state index is -0.257. The molecule has 15 heavy (non-hydrogen) atoms. The van der Waals surface area contributed by atoms with Crippen LogP contribution in [0.25, 0.3) is 0 Å². The quantitative estimate of drug-likeness (QED) is 0.602. The van der Waals surface area contributed by atoms with Crippen LogP contribution in [0.4, 0.5) is 5.69 Å². The topological polar surface area (TPSA) is 93.0 Å². The number of ether oxygens (including phenoxy) is 1. The summed E-state index contributed by atoms with van der Waals surface area (Å²) in [6.45, 7) is 2.94. The molecule has 1 heterocycles. The molecule has 0 saturated heterocycles. The van der Waals surface area contributed by atoms with E-state index in [1.165, 1.54) is 0 Å². The number of H-pyrrole nitrogens is 1. The number of hydrogen-bond donors (Lipinski definition) is 3. The maximum Gasteiger partial charge on any atom is 0.273 e. The number of nitrogens with one attached hydrogen (secondary N) is 2. The molecule has 4 N–H and O–H groups in total. The van der Waals surface area contributed by atoms with E-state index in [2.05, 4.69) is 15.5 Å². The molecule has 6 nitrogen and oxygen atoms in total. The molecule has 6 heteroatoms. The summed E-state index contributed by atoms with van der Waals surface area (Å²) in [6.07, 6.45) is 0.769. The van der Waals surface area contributed by atoms with E-state index in [4.69, 9.17) is 10.5 Å². The Labute approximate surface area is 88.2 Å². The molecule has 0 aliphatic carbocycles. The maximum absolute atomic E-state index is 11.5. The summed E-state index contributed by atoms with van der Waals surface area (Å²) in [6, 6.07) is 0. The average molecular weight is 212 g/mol. The number of aromatic nitrogens is 2. The first-order valence-corrected chi connectivity index (χ1v) is 4.74. The van der Waals surface area contributed by atoms with Gasteiger partial charge in [-0.3, -0.25) is 9.89 Å². The molecule has 0 bridgehead atoms. The summed E-state index contributed by atoms with van der Waals surface area (Å²) < 4.78 is 4.86. The molecule has 0 atom stereocenters. The van der Waals surface area contributed by atoms with Gasteiger partial charge in [0.1, 0.15) is 0 Å². The summed E-state index contributed by atoms with van der Waals surface area (Å²) in [7, 11) is 1.62. The van der Waals surface area contributed by atoms with E-state index in [1.54, 1.807) is 14.0 Å². The molecule has 0 radical (unpaired) electrons. The van der Waals surface area contributed by atoms with Gasteiger partial charge in [-0.2, -0.15) is 5.10 Å². The van der Waals surface area contributed by atoms with Crippen LogP contribution in [0.1, 0.15) is 22.6 Å². The smallest absolute Gasteiger partial charge is 0.273 e. The van der Waals surface area contributed by atoms with Crippen molar-refractivity contribution in [2.24, 2.45) is 0 Å². The van der Waals surface area contributed by atoms with Gasteiger partial charge < -0.3 is 15.8 Å². The predicted octanol–water partition coefficient (Wildman–Crippen LogP) is 0.0666. The summed E-state index contributed by atoms with van der Waals surface area (Å²) in [5.74, 6) is -0.257. The molecule has 0 aliphatic rings. The molecule has 1 amide bonds. The van der Waals surface area contributed by atoms with E-state index in [0.717, 1.165) is 6.42 Å². The Morgan fingerprint density at radius 1 is 1.67 bits per heavy atom. The number of aromatic amines is 1. The van der Waals surface area contributed by atoms with Gasteiger partial charge in [-0.15, -0.1) is 0 Å². The number of amides is 1. The number of nitrogens with two attached hydrogens (primary N) is 1. The minimum Gasteiger partial charge on any atom is -0.395 e. The zero-order chi connectivity index (χ0) is 11.3. The van der Waals surface area contributed by atoms with Gasteiger partial charge in [-0.1, -0.05) is 0 Å². The van der Waals surface area contributed by atoms with E-state index >= 15 is 0 Å². The standard InChI is InChI=1S/C9H16N4O2/c1-6-7(10)8(13-12-6)9(14)11-4-3-5-15-2/h3-5,10H2,1-2H3,(H,11,14)(H,12,13). The third kappa shape index (κ3) is 2.95. The largest absolute Gasteiger partial charge is 0.395 e. The lowest BCUT2D eigenvalue weighted by atomic mass is 10.3. The third-order valence-corrected chi connectivity index (χ3v) is 2.02. The van der Waals surface area contributed by atoms with E-state index in [0.29, 0.717) is 24.5 Å². The van der Waals surface area contributed by atoms with E-state index < -0.39 is 0 Å². The highest BCUT2D eigenvalue weighted by molar-refractivity contribution is 5.97. The van der Waals surface area contributed by atoms with Crippen LogP contribution < -0.4 is 11.1 Å². The Morgan fingerprint density at radius 2 is 2.40 bits per heavy atom. The van der Waals surface area contributed by atoms with Crippen LogP contribution in [-0.2, 0) is 4.74 Å². The van der Waals surface area contributed by atoms with Gasteiger partial charge in [-0.25, -0.2) is 0 Å². The fourth-order valence-electron chi connectivity index (χ4n) is 1.11. The molecule has 0 spiro atoms. The lowest BCUT2D eigenvalue weighted by Crippen LogP contribution is -2.26. The Kier molecular flexibility index (Phi) is 4.11. The van der Waals surface area contributed by atoms with Crippen molar-refractivity contribution in [3.8, 4) is 0 Å². The molecule has 1 rings (SSSR count). The Balaban J connectivity index is 2.44. The number of rotatable bonds is 5. The third-order valence-electron chi connectivity index (χ3n) is 2.02. The normalized spacial score (nSPS) is 10.3. The van der Waals surface area contributed by atoms with Crippen molar-refractivity contribution in [1.29, 1.82) is 0 Å². The van der Waals surface area contributed by atoms with Crippen molar-refractivity contribution < 1.29 is 9.53 Å². The van der Waals surface area contributed by atoms with Gasteiger partial charge in [0.15, 0.2) is 5.69 Å². The first-order chi connectivity index (χ1) is 7.16. The second-order valence-corrected chi connectivity index (χ2v) is 3.21. The van der Waals surface area contributed by atoms with Crippen LogP contribution in [0.2, 0.25) is 0 Å². The molecule has 0 fully saturated rings. The van der Waals surface area contributed by atoms with Gasteiger partial charge in [0.2, 0.25) is 0 Å². The highest BCUT2D eigenvalue weighted by Gasteiger charge is 2.14. The fraction of sp³-hybridized carbons (Fsp3) is 0.556. The van der Waals surface area contributed by atoms with Crippen LogP contribution in [0.15, 0.2) is 0 Å². The van der Waals surface area contributed by atoms with Crippen molar-refractivity contribution in [2.75, 3.05) is 26.0 Å². The second-order valence-electron chi connectivity index (χ2n) is 3.21. The first kappa shape index (κ1) is 11.5. The first-order valence-electron chi connectivity index (χ1n) is 4.74. The molecule has 0 aliphatic heterocycles. The lowest BCUT2D eigenvalue weighted by Gasteiger charge is -2.02. The van der Waals surface area contributed by atoms with Crippen LogP contribution in [0.3, 0.4) is 0 Å². The highest BCUT2D eigenvalue weighted by atomic mass is 16.5. The number of methoxy groups -OCH3 is 1. The minimum absolute atomic E-state index is 0.255. The van der Waals surface area contributed by atoms with E-state index in [9.17, 15) is 4.79 Å². The van der Waals surface area contributed by atoms with E-state index in [-0.39, 0.29) is 11.6 Å². The molecular formula is C9H16N4O2. The number of aryl methyl sites for hydroxylation is 1. The zero-order valence-electron chi connectivity index (χ0n) is 8.96. The summed E-state index contributed by atoms with van der Waals surface area (Å²) in [5.41, 5.74) is 7.02. The van der Waals surface area contributed by atoms with Gasteiger partial charge in [0.25, 0.3) is 5.91 Å². The van der Waals surface area contributed by atoms with Crippen molar-refractivity contribution in [3.05, 3.63) is 11.4 Å². The van der Waals surface area contributed by atoms with Gasteiger partial charge in [-0.05, 0) is 13.3 Å². The molecule has 0 saturated carbocycles. The van der Waals surface area contributed by atoms with Gasteiger partial charge in [0.05, 0.1) is 11.4 Å². The molecule has 0 aromatic carbocycles. The van der Waals surface area contributed by atoms with Gasteiger partial charge in [0, 0.05) is 20.3 Å².